The van der Waals surface area contributed by atoms with Crippen LogP contribution in [-0.2, 0) is 0 Å². The van der Waals surface area contributed by atoms with Crippen LogP contribution in [0.2, 0.25) is 0 Å². The van der Waals surface area contributed by atoms with Crippen LogP contribution in [-0.4, -0.2) is 18.4 Å². The van der Waals surface area contributed by atoms with Gasteiger partial charge in [-0.05, 0) is 31.1 Å². The molecule has 4 nitrogen and oxygen atoms in total. The van der Waals surface area contributed by atoms with Crippen LogP contribution in [0.5, 0.6) is 0 Å². The van der Waals surface area contributed by atoms with Gasteiger partial charge < -0.3 is 0 Å². The van der Waals surface area contributed by atoms with E-state index in [0.29, 0.717) is 0 Å². The van der Waals surface area contributed by atoms with Crippen molar-refractivity contribution >= 4 is 12.0 Å². The van der Waals surface area contributed by atoms with E-state index in [1.54, 1.807) is 13.2 Å². The molecule has 0 saturated carbocycles. The fraction of sp³-hybridized carbons (Fsp3) is 0.333. The van der Waals surface area contributed by atoms with Crippen molar-refractivity contribution in [2.75, 3.05) is 7.05 Å². The Morgan fingerprint density at radius 2 is 2.25 bits per heavy atom. The summed E-state index contributed by atoms with van der Waals surface area (Å²) in [6, 6.07) is 5.75. The summed E-state index contributed by atoms with van der Waals surface area (Å²) < 4.78 is 0. The highest BCUT2D eigenvalue weighted by Crippen LogP contribution is 2.20. The van der Waals surface area contributed by atoms with Crippen LogP contribution in [0.4, 0.5) is 0 Å². The van der Waals surface area contributed by atoms with Crippen molar-refractivity contribution in [3.8, 4) is 0 Å². The largest absolute Gasteiger partial charge is 0.275 e. The monoisotopic (exact) mass is 216 g/mol. The topological polar surface area (TPSA) is 50.0 Å². The minimum Gasteiger partial charge on any atom is -0.275 e. The van der Waals surface area contributed by atoms with Gasteiger partial charge in [0.2, 0.25) is 0 Å². The van der Waals surface area contributed by atoms with Crippen LogP contribution in [0.15, 0.2) is 45.2 Å². The normalized spacial score (nSPS) is 13.4. The van der Waals surface area contributed by atoms with Gasteiger partial charge in [-0.2, -0.15) is 0 Å². The Bertz CT molecular complexity index is 404. The van der Waals surface area contributed by atoms with E-state index >= 15 is 0 Å². The molecule has 0 amide bonds. The average molecular weight is 216 g/mol. The van der Waals surface area contributed by atoms with Gasteiger partial charge in [0.25, 0.3) is 0 Å². The number of hydrogen-bond acceptors (Lipinski definition) is 3. The van der Waals surface area contributed by atoms with Crippen molar-refractivity contribution in [2.45, 2.75) is 20.3 Å². The van der Waals surface area contributed by atoms with Gasteiger partial charge in [-0.15, -0.1) is 10.2 Å². The van der Waals surface area contributed by atoms with Gasteiger partial charge in [0.15, 0.2) is 0 Å². The highest BCUT2D eigenvalue weighted by Gasteiger charge is 2.04. The molecule has 84 valence electrons. The standard InChI is InChI=1S/C12H16N4/c1-4-10(2)12(16-15-9-13-3)11-7-5-6-8-14-11/h5-9H,4H2,1-3H3/b12-10-,13-9-,16-15-. The van der Waals surface area contributed by atoms with Crippen molar-refractivity contribution in [2.24, 2.45) is 15.2 Å². The molecule has 0 N–H and O–H groups in total. The maximum absolute atomic E-state index is 4.27. The number of aromatic nitrogens is 1. The minimum absolute atomic E-state index is 0.822. The number of pyridine rings is 1. The zero-order valence-corrected chi connectivity index (χ0v) is 9.88. The van der Waals surface area contributed by atoms with Gasteiger partial charge in [-0.25, -0.2) is 0 Å². The molecule has 0 aliphatic heterocycles. The smallest absolute Gasteiger partial charge is 0.132 e. The van der Waals surface area contributed by atoms with Gasteiger partial charge in [-0.1, -0.05) is 13.0 Å². The molecule has 0 bridgehead atoms. The molecule has 0 atom stereocenters. The molecule has 16 heavy (non-hydrogen) atoms. The fourth-order valence-electron chi connectivity index (χ4n) is 1.16. The summed E-state index contributed by atoms with van der Waals surface area (Å²) in [7, 11) is 1.66. The summed E-state index contributed by atoms with van der Waals surface area (Å²) in [4.78, 5) is 8.03. The lowest BCUT2D eigenvalue weighted by atomic mass is 10.1. The number of rotatable bonds is 4. The maximum atomic E-state index is 4.27. The first-order valence-corrected chi connectivity index (χ1v) is 5.22. The zero-order chi connectivity index (χ0) is 11.8. The highest BCUT2D eigenvalue weighted by atomic mass is 15.1. The van der Waals surface area contributed by atoms with E-state index in [2.05, 4.69) is 27.1 Å². The Balaban J connectivity index is 3.08. The number of nitrogens with zero attached hydrogens (tertiary/aromatic N) is 4. The number of aliphatic imine (C=N–C) groups is 1. The molecule has 0 radical (unpaired) electrons. The zero-order valence-electron chi connectivity index (χ0n) is 9.88. The third-order valence-corrected chi connectivity index (χ3v) is 2.17. The van der Waals surface area contributed by atoms with E-state index in [9.17, 15) is 0 Å². The second-order valence-corrected chi connectivity index (χ2v) is 3.29. The fourth-order valence-corrected chi connectivity index (χ4v) is 1.16. The molecule has 1 aromatic rings. The van der Waals surface area contributed by atoms with E-state index in [0.717, 1.165) is 23.4 Å². The third kappa shape index (κ3) is 3.38. The van der Waals surface area contributed by atoms with Crippen molar-refractivity contribution in [3.05, 3.63) is 35.7 Å². The Kier molecular flexibility index (Phi) is 5.05. The quantitative estimate of drug-likeness (QED) is 0.432. The minimum atomic E-state index is 0.822. The molecule has 1 heterocycles. The summed E-state index contributed by atoms with van der Waals surface area (Å²) >= 11 is 0. The number of hydrogen-bond donors (Lipinski definition) is 0. The van der Waals surface area contributed by atoms with Crippen molar-refractivity contribution in [1.82, 2.24) is 4.98 Å². The van der Waals surface area contributed by atoms with Crippen LogP contribution in [0.1, 0.15) is 26.0 Å². The second kappa shape index (κ2) is 6.61. The summed E-state index contributed by atoms with van der Waals surface area (Å²) in [5.74, 6) is 0. The van der Waals surface area contributed by atoms with Crippen molar-refractivity contribution in [1.29, 1.82) is 0 Å². The Morgan fingerprint density at radius 3 is 2.81 bits per heavy atom. The van der Waals surface area contributed by atoms with E-state index in [1.807, 2.05) is 25.1 Å². The molecule has 1 aromatic heterocycles. The SMILES string of the molecule is CC\C(C)=C(/N=N\C=N/C)c1ccccn1. The summed E-state index contributed by atoms with van der Waals surface area (Å²) in [5, 5.41) is 8.02. The first-order chi connectivity index (χ1) is 7.79. The van der Waals surface area contributed by atoms with Gasteiger partial charge in [0, 0.05) is 13.2 Å². The lowest BCUT2D eigenvalue weighted by Gasteiger charge is -2.03. The van der Waals surface area contributed by atoms with Gasteiger partial charge in [0.05, 0.1) is 5.69 Å². The molecular weight excluding hydrogens is 200 g/mol. The van der Waals surface area contributed by atoms with E-state index in [1.165, 1.54) is 6.34 Å². The first kappa shape index (κ1) is 12.2. The molecule has 0 spiro atoms. The van der Waals surface area contributed by atoms with Gasteiger partial charge >= 0.3 is 0 Å². The first-order valence-electron chi connectivity index (χ1n) is 5.22. The van der Waals surface area contributed by atoms with Gasteiger partial charge in [-0.3, -0.25) is 9.98 Å². The Hall–Kier alpha value is -1.84. The molecule has 0 aliphatic rings. The molecule has 1 rings (SSSR count). The summed E-state index contributed by atoms with van der Waals surface area (Å²) in [5.41, 5.74) is 2.82. The lowest BCUT2D eigenvalue weighted by molar-refractivity contribution is 1.07. The van der Waals surface area contributed by atoms with Crippen LogP contribution < -0.4 is 0 Å². The molecule has 0 aromatic carbocycles. The highest BCUT2D eigenvalue weighted by molar-refractivity contribution is 5.65. The Morgan fingerprint density at radius 1 is 1.44 bits per heavy atom. The summed E-state index contributed by atoms with van der Waals surface area (Å²) in [6.07, 6.45) is 4.10. The predicted octanol–water partition coefficient (Wildman–Crippen LogP) is 3.33. The number of azo groups is 1. The van der Waals surface area contributed by atoms with E-state index < -0.39 is 0 Å². The predicted molar refractivity (Wildman–Crippen MR) is 66.4 cm³/mol. The van der Waals surface area contributed by atoms with Crippen molar-refractivity contribution < 1.29 is 0 Å². The second-order valence-electron chi connectivity index (χ2n) is 3.29. The van der Waals surface area contributed by atoms with Gasteiger partial charge in [0.1, 0.15) is 12.0 Å². The molecule has 4 heteroatoms. The van der Waals surface area contributed by atoms with E-state index in [-0.39, 0.29) is 0 Å². The molecule has 0 fully saturated rings. The third-order valence-electron chi connectivity index (χ3n) is 2.17. The molecule has 0 unspecified atom stereocenters. The maximum Gasteiger partial charge on any atom is 0.132 e. The summed E-state index contributed by atoms with van der Waals surface area (Å²) in [6.45, 7) is 4.12. The van der Waals surface area contributed by atoms with Crippen LogP contribution in [0.25, 0.3) is 5.70 Å². The lowest BCUT2D eigenvalue weighted by Crippen LogP contribution is -1.89. The molecule has 0 saturated heterocycles. The average Bonchev–Trinajstić information content (AvgIpc) is 2.35. The number of allylic oxidation sites excluding steroid dienone is 1. The molecular formula is C12H16N4. The van der Waals surface area contributed by atoms with Crippen LogP contribution in [0, 0.1) is 0 Å². The Labute approximate surface area is 95.9 Å². The van der Waals surface area contributed by atoms with Crippen LogP contribution in [0.3, 0.4) is 0 Å². The van der Waals surface area contributed by atoms with Crippen molar-refractivity contribution in [3.63, 3.8) is 0 Å². The molecule has 0 aliphatic carbocycles. The van der Waals surface area contributed by atoms with Crippen LogP contribution >= 0.6 is 0 Å². The van der Waals surface area contributed by atoms with E-state index in [4.69, 9.17) is 0 Å².